The molecule has 3 aromatic rings. The first-order chi connectivity index (χ1) is 12.6. The number of rotatable bonds is 6. The summed E-state index contributed by atoms with van der Waals surface area (Å²) in [5.74, 6) is -0.0594. The Kier molecular flexibility index (Phi) is 5.02. The molecule has 8 heteroatoms. The summed E-state index contributed by atoms with van der Waals surface area (Å²) in [6.07, 6.45) is 0.941. The van der Waals surface area contributed by atoms with Crippen LogP contribution in [0.3, 0.4) is 0 Å². The Morgan fingerprint density at radius 3 is 2.46 bits per heavy atom. The number of ether oxygens (including phenoxy) is 1. The van der Waals surface area contributed by atoms with Crippen molar-refractivity contribution in [3.05, 3.63) is 75.7 Å². The summed E-state index contributed by atoms with van der Waals surface area (Å²) < 4.78 is 10.2. The lowest BCUT2D eigenvalue weighted by Gasteiger charge is -2.01. The summed E-state index contributed by atoms with van der Waals surface area (Å²) in [6, 6.07) is 12.9. The van der Waals surface area contributed by atoms with Crippen LogP contribution in [0.5, 0.6) is 0 Å². The Labute approximate surface area is 148 Å². The van der Waals surface area contributed by atoms with Gasteiger partial charge in [0.1, 0.15) is 0 Å². The maximum atomic E-state index is 12.0. The van der Waals surface area contributed by atoms with Gasteiger partial charge in [0.25, 0.3) is 11.6 Å². The van der Waals surface area contributed by atoms with E-state index in [1.807, 2.05) is 24.3 Å². The minimum Gasteiger partial charge on any atom is -0.452 e. The third kappa shape index (κ3) is 3.92. The molecule has 0 fully saturated rings. The fourth-order valence-corrected chi connectivity index (χ4v) is 2.25. The van der Waals surface area contributed by atoms with Gasteiger partial charge < -0.3 is 9.26 Å². The fourth-order valence-electron chi connectivity index (χ4n) is 2.25. The Hall–Kier alpha value is -3.55. The average Bonchev–Trinajstić information content (AvgIpc) is 3.15. The van der Waals surface area contributed by atoms with E-state index in [9.17, 15) is 14.9 Å². The first-order valence-corrected chi connectivity index (χ1v) is 7.90. The van der Waals surface area contributed by atoms with E-state index in [2.05, 4.69) is 17.1 Å². The smallest absolute Gasteiger partial charge is 0.338 e. The number of esters is 1. The normalized spacial score (nSPS) is 10.5. The van der Waals surface area contributed by atoms with Crippen LogP contribution in [-0.4, -0.2) is 21.0 Å². The van der Waals surface area contributed by atoms with E-state index in [1.54, 1.807) is 0 Å². The predicted octanol–water partition coefficient (Wildman–Crippen LogP) is 3.56. The number of carbonyl (C=O) groups is 1. The Morgan fingerprint density at radius 1 is 1.15 bits per heavy atom. The van der Waals surface area contributed by atoms with Gasteiger partial charge in [-0.2, -0.15) is 4.98 Å². The van der Waals surface area contributed by atoms with E-state index in [-0.39, 0.29) is 23.7 Å². The van der Waals surface area contributed by atoms with Gasteiger partial charge in [0.2, 0.25) is 5.82 Å². The van der Waals surface area contributed by atoms with Gasteiger partial charge in [-0.25, -0.2) is 4.79 Å². The van der Waals surface area contributed by atoms with Crippen LogP contribution >= 0.6 is 0 Å². The van der Waals surface area contributed by atoms with Crippen LogP contribution in [0.25, 0.3) is 11.4 Å². The highest BCUT2D eigenvalue weighted by Gasteiger charge is 2.14. The molecular weight excluding hydrogens is 338 g/mol. The molecule has 26 heavy (non-hydrogen) atoms. The second kappa shape index (κ2) is 7.56. The average molecular weight is 353 g/mol. The maximum Gasteiger partial charge on any atom is 0.338 e. The van der Waals surface area contributed by atoms with Crippen molar-refractivity contribution in [3.63, 3.8) is 0 Å². The van der Waals surface area contributed by atoms with Crippen molar-refractivity contribution in [2.75, 3.05) is 0 Å². The minimum atomic E-state index is -0.632. The van der Waals surface area contributed by atoms with Crippen LogP contribution in [0.4, 0.5) is 5.69 Å². The van der Waals surface area contributed by atoms with Gasteiger partial charge in [0.15, 0.2) is 6.61 Å². The number of nitro benzene ring substituents is 1. The lowest BCUT2D eigenvalue weighted by Crippen LogP contribution is -2.05. The zero-order valence-corrected chi connectivity index (χ0v) is 13.9. The molecule has 1 aromatic heterocycles. The summed E-state index contributed by atoms with van der Waals surface area (Å²) in [4.78, 5) is 26.2. The molecule has 0 bridgehead atoms. The summed E-state index contributed by atoms with van der Waals surface area (Å²) >= 11 is 0. The van der Waals surface area contributed by atoms with E-state index < -0.39 is 10.9 Å². The van der Waals surface area contributed by atoms with Crippen molar-refractivity contribution in [3.8, 4) is 11.4 Å². The molecule has 1 heterocycles. The van der Waals surface area contributed by atoms with E-state index >= 15 is 0 Å². The molecule has 0 radical (unpaired) electrons. The number of aryl methyl sites for hydroxylation is 1. The van der Waals surface area contributed by atoms with Crippen LogP contribution in [-0.2, 0) is 17.8 Å². The molecule has 2 aromatic carbocycles. The lowest BCUT2D eigenvalue weighted by atomic mass is 10.1. The molecule has 0 spiro atoms. The molecule has 3 rings (SSSR count). The first kappa shape index (κ1) is 17.3. The third-order valence-corrected chi connectivity index (χ3v) is 3.73. The Balaban J connectivity index is 1.62. The SMILES string of the molecule is CCc1ccc(-c2noc(COC(=O)c3ccc([N+](=O)[O-])cc3)n2)cc1. The highest BCUT2D eigenvalue weighted by molar-refractivity contribution is 5.89. The molecule has 0 amide bonds. The van der Waals surface area contributed by atoms with E-state index in [4.69, 9.17) is 9.26 Å². The van der Waals surface area contributed by atoms with Crippen molar-refractivity contribution in [1.82, 2.24) is 10.1 Å². The Bertz CT molecular complexity index is 917. The second-order valence-electron chi connectivity index (χ2n) is 5.44. The molecule has 0 aliphatic carbocycles. The van der Waals surface area contributed by atoms with Crippen LogP contribution < -0.4 is 0 Å². The van der Waals surface area contributed by atoms with Gasteiger partial charge in [0, 0.05) is 17.7 Å². The number of aromatic nitrogens is 2. The summed E-state index contributed by atoms with van der Waals surface area (Å²) in [5, 5.41) is 14.5. The zero-order chi connectivity index (χ0) is 18.5. The third-order valence-electron chi connectivity index (χ3n) is 3.73. The monoisotopic (exact) mass is 353 g/mol. The quantitative estimate of drug-likeness (QED) is 0.378. The van der Waals surface area contributed by atoms with Crippen molar-refractivity contribution < 1.29 is 19.0 Å². The molecule has 0 aliphatic rings. The minimum absolute atomic E-state index is 0.0998. The molecule has 0 atom stereocenters. The van der Waals surface area contributed by atoms with Gasteiger partial charge in [-0.05, 0) is 24.1 Å². The van der Waals surface area contributed by atoms with Gasteiger partial charge in [-0.3, -0.25) is 10.1 Å². The van der Waals surface area contributed by atoms with Crippen LogP contribution in [0.1, 0.15) is 28.7 Å². The van der Waals surface area contributed by atoms with Crippen molar-refractivity contribution in [2.24, 2.45) is 0 Å². The Morgan fingerprint density at radius 2 is 1.85 bits per heavy atom. The van der Waals surface area contributed by atoms with E-state index in [0.29, 0.717) is 5.82 Å². The molecule has 8 nitrogen and oxygen atoms in total. The number of non-ortho nitro benzene ring substituents is 1. The highest BCUT2D eigenvalue weighted by Crippen LogP contribution is 2.18. The van der Waals surface area contributed by atoms with Gasteiger partial charge in [-0.1, -0.05) is 36.3 Å². The summed E-state index contributed by atoms with van der Waals surface area (Å²) in [6.45, 7) is 1.89. The molecule has 0 saturated carbocycles. The van der Waals surface area contributed by atoms with Gasteiger partial charge >= 0.3 is 5.97 Å². The fraction of sp³-hybridized carbons (Fsp3) is 0.167. The number of carbonyl (C=O) groups excluding carboxylic acids is 1. The first-order valence-electron chi connectivity index (χ1n) is 7.90. The number of hydrogen-bond donors (Lipinski definition) is 0. The van der Waals surface area contributed by atoms with Crippen molar-refractivity contribution in [2.45, 2.75) is 20.0 Å². The summed E-state index contributed by atoms with van der Waals surface area (Å²) in [7, 11) is 0. The van der Waals surface area contributed by atoms with E-state index in [0.717, 1.165) is 12.0 Å². The van der Waals surface area contributed by atoms with Crippen LogP contribution in [0, 0.1) is 10.1 Å². The number of nitro groups is 1. The van der Waals surface area contributed by atoms with Crippen LogP contribution in [0.15, 0.2) is 53.1 Å². The molecule has 0 saturated heterocycles. The second-order valence-corrected chi connectivity index (χ2v) is 5.44. The number of hydrogen-bond acceptors (Lipinski definition) is 7. The van der Waals surface area contributed by atoms with Crippen molar-refractivity contribution in [1.29, 1.82) is 0 Å². The predicted molar refractivity (Wildman–Crippen MR) is 91.3 cm³/mol. The molecular formula is C18H15N3O5. The van der Waals surface area contributed by atoms with Crippen LogP contribution in [0.2, 0.25) is 0 Å². The topological polar surface area (TPSA) is 108 Å². The largest absolute Gasteiger partial charge is 0.452 e. The standard InChI is InChI=1S/C18H15N3O5/c1-2-12-3-5-13(6-4-12)17-19-16(26-20-17)11-25-18(22)14-7-9-15(10-8-14)21(23)24/h3-10H,2,11H2,1H3. The van der Waals surface area contributed by atoms with Crippen molar-refractivity contribution >= 4 is 11.7 Å². The van der Waals surface area contributed by atoms with Gasteiger partial charge in [0.05, 0.1) is 10.5 Å². The van der Waals surface area contributed by atoms with Gasteiger partial charge in [-0.15, -0.1) is 0 Å². The van der Waals surface area contributed by atoms with E-state index in [1.165, 1.54) is 29.8 Å². The summed E-state index contributed by atoms with van der Waals surface area (Å²) in [5.41, 5.74) is 2.11. The molecule has 0 N–H and O–H groups in total. The molecule has 0 aliphatic heterocycles. The molecule has 0 unspecified atom stereocenters. The highest BCUT2D eigenvalue weighted by atomic mass is 16.6. The maximum absolute atomic E-state index is 12.0. The molecule has 132 valence electrons. The number of benzene rings is 2. The lowest BCUT2D eigenvalue weighted by molar-refractivity contribution is -0.384. The number of nitrogens with zero attached hydrogens (tertiary/aromatic N) is 3. The zero-order valence-electron chi connectivity index (χ0n) is 13.9.